The predicted molar refractivity (Wildman–Crippen MR) is 78.4 cm³/mol. The van der Waals surface area contributed by atoms with Crippen molar-refractivity contribution in [1.29, 1.82) is 0 Å². The second-order valence-electron chi connectivity index (χ2n) is 4.06. The van der Waals surface area contributed by atoms with Gasteiger partial charge in [-0.25, -0.2) is 9.78 Å². The average molecular weight is 293 g/mol. The normalized spacial score (nSPS) is 10.3. The Kier molecular flexibility index (Phi) is 4.19. The third kappa shape index (κ3) is 2.72. The molecule has 0 amide bonds. The SMILES string of the molecule is CCOC(=O)c1cc(-c2csc(NC)n2)c(=O)[nH]c1C. The molecule has 2 rings (SSSR count). The van der Waals surface area contributed by atoms with Gasteiger partial charge in [0.1, 0.15) is 0 Å². The third-order valence-electron chi connectivity index (χ3n) is 2.73. The number of nitrogens with one attached hydrogen (secondary N) is 2. The summed E-state index contributed by atoms with van der Waals surface area (Å²) < 4.78 is 4.97. The zero-order valence-corrected chi connectivity index (χ0v) is 12.3. The molecule has 2 N–H and O–H groups in total. The molecule has 0 spiro atoms. The molecular weight excluding hydrogens is 278 g/mol. The van der Waals surface area contributed by atoms with Crippen LogP contribution in [0.4, 0.5) is 5.13 Å². The summed E-state index contributed by atoms with van der Waals surface area (Å²) in [7, 11) is 1.76. The molecule has 2 aromatic rings. The van der Waals surface area contributed by atoms with Crippen molar-refractivity contribution >= 4 is 22.4 Å². The smallest absolute Gasteiger partial charge is 0.339 e. The molecule has 6 nitrogen and oxygen atoms in total. The summed E-state index contributed by atoms with van der Waals surface area (Å²) in [5.41, 5.74) is 1.45. The van der Waals surface area contributed by atoms with Gasteiger partial charge in [0.25, 0.3) is 5.56 Å². The van der Waals surface area contributed by atoms with E-state index < -0.39 is 5.97 Å². The topological polar surface area (TPSA) is 84.1 Å². The number of rotatable bonds is 4. The molecule has 7 heteroatoms. The maximum Gasteiger partial charge on any atom is 0.339 e. The van der Waals surface area contributed by atoms with E-state index in [9.17, 15) is 9.59 Å². The predicted octanol–water partition coefficient (Wildman–Crippen LogP) is 2.03. The minimum atomic E-state index is -0.452. The van der Waals surface area contributed by atoms with Crippen molar-refractivity contribution in [1.82, 2.24) is 9.97 Å². The van der Waals surface area contributed by atoms with Crippen LogP contribution in [0.5, 0.6) is 0 Å². The fourth-order valence-electron chi connectivity index (χ4n) is 1.75. The number of ether oxygens (including phenoxy) is 1. The van der Waals surface area contributed by atoms with Gasteiger partial charge in [0.2, 0.25) is 0 Å². The van der Waals surface area contributed by atoms with Gasteiger partial charge in [-0.1, -0.05) is 0 Å². The standard InChI is InChI=1S/C13H15N3O3S/c1-4-19-12(18)8-5-9(11(17)15-7(8)2)10-6-20-13(14-3)16-10/h5-6H,4H2,1-3H3,(H,14,16)(H,15,17). The molecule has 0 bridgehead atoms. The van der Waals surface area contributed by atoms with Gasteiger partial charge in [-0.2, -0.15) is 0 Å². The number of H-pyrrole nitrogens is 1. The summed E-state index contributed by atoms with van der Waals surface area (Å²) >= 11 is 1.39. The molecule has 0 unspecified atom stereocenters. The first-order chi connectivity index (χ1) is 9.56. The van der Waals surface area contributed by atoms with Crippen LogP contribution in [0, 0.1) is 6.92 Å². The fourth-order valence-corrected chi connectivity index (χ4v) is 2.42. The number of esters is 1. The van der Waals surface area contributed by atoms with Crippen molar-refractivity contribution in [2.75, 3.05) is 19.0 Å². The Bertz CT molecular complexity index is 690. The van der Waals surface area contributed by atoms with E-state index in [2.05, 4.69) is 15.3 Å². The lowest BCUT2D eigenvalue weighted by atomic mass is 10.1. The Morgan fingerprint density at radius 3 is 2.90 bits per heavy atom. The van der Waals surface area contributed by atoms with Crippen LogP contribution in [0.15, 0.2) is 16.2 Å². The first-order valence-electron chi connectivity index (χ1n) is 6.11. The fraction of sp³-hybridized carbons (Fsp3) is 0.308. The molecule has 0 atom stereocenters. The number of nitrogens with zero attached hydrogens (tertiary/aromatic N) is 1. The molecule has 0 aliphatic carbocycles. The number of carbonyl (C=O) groups excluding carboxylic acids is 1. The Morgan fingerprint density at radius 1 is 1.55 bits per heavy atom. The maximum absolute atomic E-state index is 12.0. The van der Waals surface area contributed by atoms with E-state index in [0.29, 0.717) is 27.6 Å². The van der Waals surface area contributed by atoms with E-state index >= 15 is 0 Å². The quantitative estimate of drug-likeness (QED) is 0.843. The lowest BCUT2D eigenvalue weighted by Gasteiger charge is -2.06. The Labute approximate surface area is 119 Å². The minimum absolute atomic E-state index is 0.275. The maximum atomic E-state index is 12.0. The van der Waals surface area contributed by atoms with Crippen LogP contribution in [0.3, 0.4) is 0 Å². The number of hydrogen-bond acceptors (Lipinski definition) is 6. The zero-order chi connectivity index (χ0) is 14.7. The van der Waals surface area contributed by atoms with Gasteiger partial charge in [0, 0.05) is 18.1 Å². The van der Waals surface area contributed by atoms with Gasteiger partial charge < -0.3 is 15.0 Å². The van der Waals surface area contributed by atoms with Crippen molar-refractivity contribution in [2.45, 2.75) is 13.8 Å². The van der Waals surface area contributed by atoms with Gasteiger partial charge in [0.15, 0.2) is 5.13 Å². The first-order valence-corrected chi connectivity index (χ1v) is 6.99. The first kappa shape index (κ1) is 14.3. The second kappa shape index (κ2) is 5.87. The van der Waals surface area contributed by atoms with Crippen LogP contribution in [-0.2, 0) is 4.74 Å². The number of aromatic amines is 1. The molecule has 0 aliphatic heterocycles. The highest BCUT2D eigenvalue weighted by Gasteiger charge is 2.16. The van der Waals surface area contributed by atoms with Gasteiger partial charge in [-0.15, -0.1) is 11.3 Å². The van der Waals surface area contributed by atoms with Crippen molar-refractivity contribution in [3.63, 3.8) is 0 Å². The highest BCUT2D eigenvalue weighted by Crippen LogP contribution is 2.23. The van der Waals surface area contributed by atoms with Crippen LogP contribution in [0.25, 0.3) is 11.3 Å². The summed E-state index contributed by atoms with van der Waals surface area (Å²) in [6.07, 6.45) is 0. The molecule has 2 aromatic heterocycles. The van der Waals surface area contributed by atoms with Crippen molar-refractivity contribution < 1.29 is 9.53 Å². The number of thiazole rings is 1. The van der Waals surface area contributed by atoms with E-state index in [1.165, 1.54) is 17.4 Å². The van der Waals surface area contributed by atoms with E-state index in [-0.39, 0.29) is 12.2 Å². The highest BCUT2D eigenvalue weighted by molar-refractivity contribution is 7.14. The van der Waals surface area contributed by atoms with Gasteiger partial charge in [0.05, 0.1) is 23.4 Å². The Morgan fingerprint density at radius 2 is 2.30 bits per heavy atom. The molecule has 106 valence electrons. The van der Waals surface area contributed by atoms with Gasteiger partial charge >= 0.3 is 5.97 Å². The van der Waals surface area contributed by atoms with E-state index in [1.807, 2.05) is 0 Å². The molecule has 0 saturated carbocycles. The van der Waals surface area contributed by atoms with Crippen LogP contribution >= 0.6 is 11.3 Å². The molecule has 2 heterocycles. The van der Waals surface area contributed by atoms with Crippen LogP contribution in [0.1, 0.15) is 23.0 Å². The van der Waals surface area contributed by atoms with Gasteiger partial charge in [-0.05, 0) is 19.9 Å². The lowest BCUT2D eigenvalue weighted by Crippen LogP contribution is -2.16. The van der Waals surface area contributed by atoms with Crippen molar-refractivity contribution in [3.05, 3.63) is 33.1 Å². The van der Waals surface area contributed by atoms with Crippen LogP contribution in [-0.4, -0.2) is 29.6 Å². The van der Waals surface area contributed by atoms with Crippen LogP contribution in [0.2, 0.25) is 0 Å². The third-order valence-corrected chi connectivity index (χ3v) is 3.59. The van der Waals surface area contributed by atoms with Crippen LogP contribution < -0.4 is 10.9 Å². The molecular formula is C13H15N3O3S. The molecule has 20 heavy (non-hydrogen) atoms. The van der Waals surface area contributed by atoms with Crippen molar-refractivity contribution in [2.24, 2.45) is 0 Å². The number of carbonyl (C=O) groups is 1. The zero-order valence-electron chi connectivity index (χ0n) is 11.4. The average Bonchev–Trinajstić information content (AvgIpc) is 2.87. The molecule has 0 saturated heterocycles. The molecule has 0 aliphatic rings. The molecule has 0 fully saturated rings. The Balaban J connectivity index is 2.51. The van der Waals surface area contributed by atoms with Gasteiger partial charge in [-0.3, -0.25) is 4.79 Å². The monoisotopic (exact) mass is 293 g/mol. The number of hydrogen-bond donors (Lipinski definition) is 2. The highest BCUT2D eigenvalue weighted by atomic mass is 32.1. The summed E-state index contributed by atoms with van der Waals surface area (Å²) in [5.74, 6) is -0.452. The molecule has 0 aromatic carbocycles. The number of pyridine rings is 1. The lowest BCUT2D eigenvalue weighted by molar-refractivity contribution is 0.0525. The Hall–Kier alpha value is -2.15. The number of anilines is 1. The summed E-state index contributed by atoms with van der Waals surface area (Å²) in [4.78, 5) is 30.8. The number of aryl methyl sites for hydroxylation is 1. The summed E-state index contributed by atoms with van der Waals surface area (Å²) in [5, 5.41) is 5.38. The summed E-state index contributed by atoms with van der Waals surface area (Å²) in [6.45, 7) is 3.68. The van der Waals surface area contributed by atoms with E-state index in [0.717, 1.165) is 0 Å². The molecule has 0 radical (unpaired) electrons. The minimum Gasteiger partial charge on any atom is -0.462 e. The largest absolute Gasteiger partial charge is 0.462 e. The second-order valence-corrected chi connectivity index (χ2v) is 4.92. The van der Waals surface area contributed by atoms with E-state index in [4.69, 9.17) is 4.74 Å². The van der Waals surface area contributed by atoms with E-state index in [1.54, 1.807) is 26.3 Å². The summed E-state index contributed by atoms with van der Waals surface area (Å²) in [6, 6.07) is 1.53. The number of aromatic nitrogens is 2. The van der Waals surface area contributed by atoms with Crippen molar-refractivity contribution in [3.8, 4) is 11.3 Å².